The molecule has 0 bridgehead atoms. The van der Waals surface area contributed by atoms with Gasteiger partial charge >= 0.3 is 0 Å². The van der Waals surface area contributed by atoms with Gasteiger partial charge in [0.25, 0.3) is 5.91 Å². The van der Waals surface area contributed by atoms with Gasteiger partial charge in [0.05, 0.1) is 11.8 Å². The summed E-state index contributed by atoms with van der Waals surface area (Å²) in [5, 5.41) is 15.8. The molecular formula is C9H14N4O2. The van der Waals surface area contributed by atoms with Crippen LogP contribution in [0.5, 0.6) is 0 Å². The molecular weight excluding hydrogens is 196 g/mol. The molecule has 0 saturated heterocycles. The third kappa shape index (κ3) is 1.94. The summed E-state index contributed by atoms with van der Waals surface area (Å²) in [6, 6.07) is 0.0499. The zero-order valence-corrected chi connectivity index (χ0v) is 8.47. The normalized spacial score (nSPS) is 24.7. The lowest BCUT2D eigenvalue weighted by molar-refractivity contribution is 0.0560. The maximum atomic E-state index is 11.6. The molecule has 1 amide bonds. The minimum absolute atomic E-state index is 0.0499. The van der Waals surface area contributed by atoms with Crippen LogP contribution in [0.2, 0.25) is 0 Å². The van der Waals surface area contributed by atoms with Crippen molar-refractivity contribution >= 4 is 11.6 Å². The number of hydrogen-bond donors (Lipinski definition) is 3. The lowest BCUT2D eigenvalue weighted by Crippen LogP contribution is -2.46. The van der Waals surface area contributed by atoms with Gasteiger partial charge in [-0.1, -0.05) is 0 Å². The number of nitrogen functional groups attached to an aromatic ring is 1. The van der Waals surface area contributed by atoms with E-state index in [4.69, 9.17) is 10.8 Å². The Morgan fingerprint density at radius 2 is 2.40 bits per heavy atom. The average molecular weight is 210 g/mol. The number of hydrogen-bond acceptors (Lipinski definition) is 4. The summed E-state index contributed by atoms with van der Waals surface area (Å²) in [6.07, 6.45) is 2.53. The smallest absolute Gasteiger partial charge is 0.274 e. The molecule has 6 heteroatoms. The van der Waals surface area contributed by atoms with Gasteiger partial charge in [-0.2, -0.15) is 5.10 Å². The second-order valence-corrected chi connectivity index (χ2v) is 3.90. The predicted octanol–water partition coefficient (Wildman–Crippen LogP) is -0.745. The number of amides is 1. The molecule has 0 atom stereocenters. The van der Waals surface area contributed by atoms with Crippen LogP contribution in [0.15, 0.2) is 6.20 Å². The fourth-order valence-electron chi connectivity index (χ4n) is 1.64. The Hall–Kier alpha value is -1.56. The number of carbonyl (C=O) groups is 1. The Balaban J connectivity index is 1.99. The number of carbonyl (C=O) groups excluding carboxylic acids is 1. The summed E-state index contributed by atoms with van der Waals surface area (Å²) < 4.78 is 1.50. The van der Waals surface area contributed by atoms with E-state index in [2.05, 4.69) is 10.4 Å². The first-order chi connectivity index (χ1) is 7.06. The molecule has 1 saturated carbocycles. The van der Waals surface area contributed by atoms with Crippen LogP contribution in [-0.4, -0.2) is 32.9 Å². The Bertz CT molecular complexity index is 381. The molecule has 1 heterocycles. The average Bonchev–Trinajstić information content (AvgIpc) is 2.42. The van der Waals surface area contributed by atoms with E-state index in [1.54, 1.807) is 13.2 Å². The van der Waals surface area contributed by atoms with Crippen LogP contribution in [0.4, 0.5) is 5.69 Å². The first-order valence-electron chi connectivity index (χ1n) is 4.84. The van der Waals surface area contributed by atoms with Crippen molar-refractivity contribution in [2.24, 2.45) is 7.05 Å². The number of nitrogens with one attached hydrogen (secondary N) is 1. The molecule has 1 aliphatic carbocycles. The fraction of sp³-hybridized carbons (Fsp3) is 0.556. The molecule has 1 aromatic heterocycles. The molecule has 82 valence electrons. The Labute approximate surface area is 87.1 Å². The fourth-order valence-corrected chi connectivity index (χ4v) is 1.64. The van der Waals surface area contributed by atoms with Gasteiger partial charge in [0, 0.05) is 19.3 Å². The molecule has 0 aromatic carbocycles. The highest BCUT2D eigenvalue weighted by atomic mass is 16.3. The van der Waals surface area contributed by atoms with E-state index in [-0.39, 0.29) is 23.7 Å². The molecule has 6 nitrogen and oxygen atoms in total. The minimum atomic E-state index is -0.281. The van der Waals surface area contributed by atoms with E-state index in [9.17, 15) is 4.79 Å². The topological polar surface area (TPSA) is 93.2 Å². The maximum Gasteiger partial charge on any atom is 0.274 e. The zero-order chi connectivity index (χ0) is 11.0. The van der Waals surface area contributed by atoms with Crippen molar-refractivity contribution in [3.8, 4) is 0 Å². The van der Waals surface area contributed by atoms with Crippen molar-refractivity contribution in [2.45, 2.75) is 25.0 Å². The van der Waals surface area contributed by atoms with Crippen molar-refractivity contribution in [1.29, 1.82) is 0 Å². The van der Waals surface area contributed by atoms with Gasteiger partial charge in [0.15, 0.2) is 5.69 Å². The van der Waals surface area contributed by atoms with E-state index in [1.807, 2.05) is 0 Å². The zero-order valence-electron chi connectivity index (χ0n) is 8.47. The molecule has 1 aromatic rings. The number of anilines is 1. The highest BCUT2D eigenvalue weighted by molar-refractivity contribution is 5.97. The second-order valence-electron chi connectivity index (χ2n) is 3.90. The molecule has 15 heavy (non-hydrogen) atoms. The molecule has 0 spiro atoms. The van der Waals surface area contributed by atoms with Gasteiger partial charge in [-0.3, -0.25) is 9.48 Å². The summed E-state index contributed by atoms with van der Waals surface area (Å²) in [4.78, 5) is 11.6. The van der Waals surface area contributed by atoms with Crippen molar-refractivity contribution in [1.82, 2.24) is 15.1 Å². The Kier molecular flexibility index (Phi) is 2.36. The number of aryl methyl sites for hydroxylation is 1. The number of aromatic nitrogens is 2. The number of aliphatic hydroxyl groups is 1. The number of aliphatic hydroxyl groups excluding tert-OH is 1. The molecule has 2 rings (SSSR count). The van der Waals surface area contributed by atoms with Gasteiger partial charge in [0.1, 0.15) is 0 Å². The van der Waals surface area contributed by atoms with Crippen molar-refractivity contribution < 1.29 is 9.90 Å². The van der Waals surface area contributed by atoms with Crippen LogP contribution in [0.25, 0.3) is 0 Å². The van der Waals surface area contributed by atoms with Crippen LogP contribution >= 0.6 is 0 Å². The molecule has 0 aliphatic heterocycles. The largest absolute Gasteiger partial charge is 0.396 e. The van der Waals surface area contributed by atoms with Gasteiger partial charge < -0.3 is 16.2 Å². The van der Waals surface area contributed by atoms with Gasteiger partial charge in [-0.05, 0) is 12.8 Å². The third-order valence-corrected chi connectivity index (χ3v) is 2.52. The highest BCUT2D eigenvalue weighted by Gasteiger charge is 2.29. The van der Waals surface area contributed by atoms with Gasteiger partial charge in [0.2, 0.25) is 0 Å². The summed E-state index contributed by atoms with van der Waals surface area (Å²) >= 11 is 0. The second kappa shape index (κ2) is 3.54. The predicted molar refractivity (Wildman–Crippen MR) is 54.1 cm³/mol. The first kappa shape index (κ1) is 9.97. The summed E-state index contributed by atoms with van der Waals surface area (Å²) in [5.41, 5.74) is 6.23. The van der Waals surface area contributed by atoms with Crippen LogP contribution in [0.3, 0.4) is 0 Å². The van der Waals surface area contributed by atoms with E-state index in [0.717, 1.165) is 0 Å². The summed E-state index contributed by atoms with van der Waals surface area (Å²) in [6.45, 7) is 0. The number of rotatable bonds is 2. The quantitative estimate of drug-likeness (QED) is 0.599. The van der Waals surface area contributed by atoms with E-state index < -0.39 is 0 Å². The lowest BCUT2D eigenvalue weighted by Gasteiger charge is -2.31. The first-order valence-corrected chi connectivity index (χ1v) is 4.84. The number of nitrogens with two attached hydrogens (primary N) is 1. The monoisotopic (exact) mass is 210 g/mol. The van der Waals surface area contributed by atoms with Crippen LogP contribution in [0, 0.1) is 0 Å². The Morgan fingerprint density at radius 3 is 2.87 bits per heavy atom. The van der Waals surface area contributed by atoms with Crippen LogP contribution in [0.1, 0.15) is 23.3 Å². The van der Waals surface area contributed by atoms with Gasteiger partial charge in [-0.15, -0.1) is 0 Å². The van der Waals surface area contributed by atoms with Crippen LogP contribution < -0.4 is 11.1 Å². The molecule has 1 fully saturated rings. The van der Waals surface area contributed by atoms with E-state index in [1.165, 1.54) is 4.68 Å². The standard InChI is InChI=1S/C9H14N4O2/c1-13-4-7(10)8(12-13)9(15)11-5-2-6(14)3-5/h4-6,14H,2-3,10H2,1H3,(H,11,15). The van der Waals surface area contributed by atoms with E-state index >= 15 is 0 Å². The molecule has 0 unspecified atom stereocenters. The van der Waals surface area contributed by atoms with E-state index in [0.29, 0.717) is 18.5 Å². The van der Waals surface area contributed by atoms with Crippen molar-refractivity contribution in [2.75, 3.05) is 5.73 Å². The molecule has 0 radical (unpaired) electrons. The van der Waals surface area contributed by atoms with Crippen LogP contribution in [-0.2, 0) is 7.05 Å². The summed E-state index contributed by atoms with van der Waals surface area (Å²) in [7, 11) is 1.71. The molecule has 1 aliphatic rings. The van der Waals surface area contributed by atoms with Gasteiger partial charge in [-0.25, -0.2) is 0 Å². The number of nitrogens with zero attached hydrogens (tertiary/aromatic N) is 2. The Morgan fingerprint density at radius 1 is 1.73 bits per heavy atom. The highest BCUT2D eigenvalue weighted by Crippen LogP contribution is 2.20. The molecule has 4 N–H and O–H groups in total. The summed E-state index contributed by atoms with van der Waals surface area (Å²) in [5.74, 6) is -0.273. The SMILES string of the molecule is Cn1cc(N)c(C(=O)NC2CC(O)C2)n1. The minimum Gasteiger partial charge on any atom is -0.396 e. The third-order valence-electron chi connectivity index (χ3n) is 2.52. The van der Waals surface area contributed by atoms with Crippen molar-refractivity contribution in [3.63, 3.8) is 0 Å². The lowest BCUT2D eigenvalue weighted by atomic mass is 9.89. The van der Waals surface area contributed by atoms with Crippen molar-refractivity contribution in [3.05, 3.63) is 11.9 Å². The maximum absolute atomic E-state index is 11.6.